The average Bonchev–Trinajstić information content (AvgIpc) is 3.41. The van der Waals surface area contributed by atoms with Gasteiger partial charge in [-0.05, 0) is 36.4 Å². The minimum absolute atomic E-state index is 0.282. The van der Waals surface area contributed by atoms with Gasteiger partial charge in [-0.25, -0.2) is 4.98 Å². The van der Waals surface area contributed by atoms with E-state index < -0.39 is 0 Å². The molecule has 0 bridgehead atoms. The van der Waals surface area contributed by atoms with Gasteiger partial charge in [-0.3, -0.25) is 14.9 Å². The topological polar surface area (TPSA) is 84.2 Å². The van der Waals surface area contributed by atoms with E-state index in [4.69, 9.17) is 4.42 Å². The van der Waals surface area contributed by atoms with Crippen molar-refractivity contribution in [3.05, 3.63) is 89.5 Å². The van der Waals surface area contributed by atoms with E-state index in [0.717, 1.165) is 0 Å². The number of anilines is 2. The molecule has 2 N–H and O–H groups in total. The number of carbonyl (C=O) groups excluding carboxylic acids is 2. The molecule has 138 valence electrons. The second kappa shape index (κ2) is 7.89. The first-order chi connectivity index (χ1) is 13.7. The van der Waals surface area contributed by atoms with Gasteiger partial charge in [0.25, 0.3) is 11.8 Å². The highest BCUT2D eigenvalue weighted by Gasteiger charge is 2.16. The summed E-state index contributed by atoms with van der Waals surface area (Å²) in [6, 6.07) is 19.2. The molecule has 0 fully saturated rings. The molecule has 0 spiro atoms. The van der Waals surface area contributed by atoms with Crippen LogP contribution in [0.4, 0.5) is 10.8 Å². The highest BCUT2D eigenvalue weighted by atomic mass is 32.1. The zero-order valence-electron chi connectivity index (χ0n) is 14.6. The van der Waals surface area contributed by atoms with Gasteiger partial charge in [0.2, 0.25) is 0 Å². The summed E-state index contributed by atoms with van der Waals surface area (Å²) in [5.41, 5.74) is 1.94. The van der Waals surface area contributed by atoms with Crippen LogP contribution in [0.15, 0.2) is 82.8 Å². The van der Waals surface area contributed by atoms with Crippen molar-refractivity contribution in [2.24, 2.45) is 0 Å². The molecule has 0 atom stereocenters. The summed E-state index contributed by atoms with van der Waals surface area (Å²) in [4.78, 5) is 29.5. The number of nitrogens with zero attached hydrogens (tertiary/aromatic N) is 1. The second-order valence-electron chi connectivity index (χ2n) is 5.84. The summed E-state index contributed by atoms with van der Waals surface area (Å²) < 4.78 is 5.31. The van der Waals surface area contributed by atoms with Crippen molar-refractivity contribution in [2.75, 3.05) is 10.6 Å². The molecule has 0 radical (unpaired) electrons. The highest BCUT2D eigenvalue weighted by Crippen LogP contribution is 2.26. The molecule has 0 aliphatic rings. The smallest absolute Gasteiger partial charge is 0.259 e. The zero-order chi connectivity index (χ0) is 19.3. The van der Waals surface area contributed by atoms with E-state index >= 15 is 0 Å². The third kappa shape index (κ3) is 3.84. The van der Waals surface area contributed by atoms with Crippen molar-refractivity contribution in [3.8, 4) is 11.5 Å². The largest absolute Gasteiger partial charge is 0.463 e. The van der Waals surface area contributed by atoms with Crippen LogP contribution in [0.5, 0.6) is 0 Å². The molecule has 2 heterocycles. The lowest BCUT2D eigenvalue weighted by Gasteiger charge is -2.10. The number of nitrogens with one attached hydrogen (secondary N) is 2. The SMILES string of the molecule is O=C(Nc1ccccc1C(=O)Nc1nc(-c2ccco2)cs1)c1ccccc1. The Balaban J connectivity index is 1.51. The van der Waals surface area contributed by atoms with Gasteiger partial charge < -0.3 is 9.73 Å². The van der Waals surface area contributed by atoms with E-state index in [1.54, 1.807) is 72.3 Å². The van der Waals surface area contributed by atoms with Crippen molar-refractivity contribution in [3.63, 3.8) is 0 Å². The first kappa shape index (κ1) is 17.7. The summed E-state index contributed by atoms with van der Waals surface area (Å²) in [7, 11) is 0. The van der Waals surface area contributed by atoms with Crippen LogP contribution in [-0.2, 0) is 0 Å². The number of hydrogen-bond donors (Lipinski definition) is 2. The van der Waals surface area contributed by atoms with Crippen molar-refractivity contribution < 1.29 is 14.0 Å². The van der Waals surface area contributed by atoms with Crippen LogP contribution in [-0.4, -0.2) is 16.8 Å². The Kier molecular flexibility index (Phi) is 4.99. The fourth-order valence-electron chi connectivity index (χ4n) is 2.61. The molecule has 2 aromatic carbocycles. The van der Waals surface area contributed by atoms with E-state index in [-0.39, 0.29) is 11.8 Å². The van der Waals surface area contributed by atoms with Gasteiger partial charge in [-0.15, -0.1) is 11.3 Å². The molecule has 6 nitrogen and oxygen atoms in total. The van der Waals surface area contributed by atoms with Crippen molar-refractivity contribution in [1.29, 1.82) is 0 Å². The minimum atomic E-state index is -0.357. The number of rotatable bonds is 5. The third-order valence-electron chi connectivity index (χ3n) is 3.95. The quantitative estimate of drug-likeness (QED) is 0.508. The predicted molar refractivity (Wildman–Crippen MR) is 109 cm³/mol. The van der Waals surface area contributed by atoms with Crippen LogP contribution in [0.2, 0.25) is 0 Å². The Labute approximate surface area is 164 Å². The third-order valence-corrected chi connectivity index (χ3v) is 4.71. The van der Waals surface area contributed by atoms with Gasteiger partial charge in [-0.2, -0.15) is 0 Å². The number of aromatic nitrogens is 1. The number of thiazole rings is 1. The monoisotopic (exact) mass is 389 g/mol. The zero-order valence-corrected chi connectivity index (χ0v) is 15.4. The number of amides is 2. The van der Waals surface area contributed by atoms with Crippen LogP contribution in [0.1, 0.15) is 20.7 Å². The second-order valence-corrected chi connectivity index (χ2v) is 6.69. The summed E-state index contributed by atoms with van der Waals surface area (Å²) in [5, 5.41) is 7.81. The van der Waals surface area contributed by atoms with Crippen LogP contribution in [0.3, 0.4) is 0 Å². The van der Waals surface area contributed by atoms with Crippen molar-refractivity contribution in [2.45, 2.75) is 0 Å². The Bertz CT molecular complexity index is 1100. The Morgan fingerprint density at radius 2 is 1.64 bits per heavy atom. The van der Waals surface area contributed by atoms with E-state index in [1.165, 1.54) is 11.3 Å². The van der Waals surface area contributed by atoms with E-state index in [9.17, 15) is 9.59 Å². The molecule has 4 rings (SSSR count). The first-order valence-electron chi connectivity index (χ1n) is 8.47. The Hall–Kier alpha value is -3.71. The van der Waals surface area contributed by atoms with Crippen molar-refractivity contribution in [1.82, 2.24) is 4.98 Å². The molecule has 2 amide bonds. The Morgan fingerprint density at radius 3 is 2.43 bits per heavy atom. The molecule has 7 heteroatoms. The molecule has 2 aromatic heterocycles. The number of benzene rings is 2. The minimum Gasteiger partial charge on any atom is -0.463 e. The number of furan rings is 1. The van der Waals surface area contributed by atoms with Crippen molar-refractivity contribution >= 4 is 34.0 Å². The lowest BCUT2D eigenvalue weighted by molar-refractivity contribution is 0.102. The fourth-order valence-corrected chi connectivity index (χ4v) is 3.30. The van der Waals surface area contributed by atoms with E-state index in [1.807, 2.05) is 6.07 Å². The summed E-state index contributed by atoms with van der Waals surface area (Å²) in [5.74, 6) is -0.00761. The predicted octanol–water partition coefficient (Wildman–Crippen LogP) is 4.91. The van der Waals surface area contributed by atoms with E-state index in [2.05, 4.69) is 15.6 Å². The molecular weight excluding hydrogens is 374 g/mol. The molecule has 0 saturated carbocycles. The van der Waals surface area contributed by atoms with Crippen LogP contribution < -0.4 is 10.6 Å². The summed E-state index contributed by atoms with van der Waals surface area (Å²) >= 11 is 1.30. The van der Waals surface area contributed by atoms with Crippen LogP contribution >= 0.6 is 11.3 Å². The lowest BCUT2D eigenvalue weighted by atomic mass is 10.1. The van der Waals surface area contributed by atoms with Gasteiger partial charge in [-0.1, -0.05) is 30.3 Å². The molecule has 4 aromatic rings. The molecule has 28 heavy (non-hydrogen) atoms. The number of para-hydroxylation sites is 1. The lowest BCUT2D eigenvalue weighted by Crippen LogP contribution is -2.18. The number of hydrogen-bond acceptors (Lipinski definition) is 5. The van der Waals surface area contributed by atoms with E-state index in [0.29, 0.717) is 33.4 Å². The number of carbonyl (C=O) groups is 2. The fraction of sp³-hybridized carbons (Fsp3) is 0. The average molecular weight is 389 g/mol. The maximum absolute atomic E-state index is 12.7. The van der Waals surface area contributed by atoms with Gasteiger partial charge in [0.05, 0.1) is 17.5 Å². The highest BCUT2D eigenvalue weighted by molar-refractivity contribution is 7.14. The summed E-state index contributed by atoms with van der Waals surface area (Å²) in [6.07, 6.45) is 1.57. The molecule has 0 aliphatic heterocycles. The molecule has 0 saturated heterocycles. The molecular formula is C21H15N3O3S. The van der Waals surface area contributed by atoms with Gasteiger partial charge in [0.15, 0.2) is 10.9 Å². The van der Waals surface area contributed by atoms with Gasteiger partial charge in [0.1, 0.15) is 5.69 Å². The van der Waals surface area contributed by atoms with Gasteiger partial charge >= 0.3 is 0 Å². The maximum Gasteiger partial charge on any atom is 0.259 e. The Morgan fingerprint density at radius 1 is 0.857 bits per heavy atom. The van der Waals surface area contributed by atoms with Crippen LogP contribution in [0, 0.1) is 0 Å². The first-order valence-corrected chi connectivity index (χ1v) is 9.35. The molecule has 0 aliphatic carbocycles. The standard InChI is InChI=1S/C21H15N3O3S/c25-19(14-7-2-1-3-8-14)22-16-10-5-4-9-15(16)20(26)24-21-23-17(13-28-21)18-11-6-12-27-18/h1-13H,(H,22,25)(H,23,24,26). The maximum atomic E-state index is 12.7. The van der Waals surface area contributed by atoms with Crippen LogP contribution in [0.25, 0.3) is 11.5 Å². The molecule has 0 unspecified atom stereocenters. The van der Waals surface area contributed by atoms with Gasteiger partial charge in [0, 0.05) is 10.9 Å². The summed E-state index contributed by atoms with van der Waals surface area (Å²) in [6.45, 7) is 0. The normalized spacial score (nSPS) is 10.4.